The molecule has 4 rings (SSSR count). The lowest BCUT2D eigenvalue weighted by molar-refractivity contribution is -0.384. The Morgan fingerprint density at radius 3 is 2.66 bits per heavy atom. The second-order valence-electron chi connectivity index (χ2n) is 7.20. The van der Waals surface area contributed by atoms with Crippen LogP contribution < -0.4 is 4.74 Å². The van der Waals surface area contributed by atoms with Crippen LogP contribution in [0.4, 0.5) is 10.5 Å². The summed E-state index contributed by atoms with van der Waals surface area (Å²) in [5.41, 5.74) is 1.39. The van der Waals surface area contributed by atoms with Crippen molar-refractivity contribution in [1.29, 1.82) is 0 Å². The second-order valence-corrected chi connectivity index (χ2v) is 9.25. The van der Waals surface area contributed by atoms with Crippen molar-refractivity contribution in [3.8, 4) is 5.75 Å². The van der Waals surface area contributed by atoms with Crippen LogP contribution in [0.2, 0.25) is 0 Å². The molecule has 9 nitrogen and oxygen atoms in total. The average Bonchev–Trinajstić information content (AvgIpc) is 3.31. The average molecular weight is 475 g/mol. The van der Waals surface area contributed by atoms with Crippen LogP contribution in [-0.4, -0.2) is 45.4 Å². The molecule has 2 aliphatic rings. The number of carbonyl (C=O) groups is 3. The van der Waals surface area contributed by atoms with E-state index in [1.54, 1.807) is 17.9 Å². The molecule has 11 heteroatoms. The number of amides is 1. The largest absolute Gasteiger partial charge is 0.514 e. The minimum absolute atomic E-state index is 0.0247. The van der Waals surface area contributed by atoms with Crippen LogP contribution in [-0.2, 0) is 9.53 Å². The number of benzene rings is 1. The highest BCUT2D eigenvalue weighted by Crippen LogP contribution is 2.45. The third kappa shape index (κ3) is 4.39. The van der Waals surface area contributed by atoms with Crippen molar-refractivity contribution < 1.29 is 28.8 Å². The minimum atomic E-state index is -0.944. The summed E-state index contributed by atoms with van der Waals surface area (Å²) in [6.45, 7) is 1.75. The standard InChI is InChI=1S/C21H18N2O7S2/c1-12-13(10-29-21(26)30-15-6-4-14(5-7-15)23(27)28)11-32-20-16(19(25)22(12)20)9-17(24)18-3-2-8-31-18/h2-8,16,20H,9-11H2,1H3. The molecule has 1 saturated heterocycles. The molecular weight excluding hydrogens is 456 g/mol. The van der Waals surface area contributed by atoms with E-state index < -0.39 is 11.1 Å². The first-order valence-corrected chi connectivity index (χ1v) is 11.6. The fourth-order valence-corrected chi connectivity index (χ4v) is 5.71. The molecule has 0 N–H and O–H groups in total. The number of β-lactam (4-membered cyclic amide) rings is 1. The van der Waals surface area contributed by atoms with Gasteiger partial charge in [0.2, 0.25) is 5.91 Å². The SMILES string of the molecule is CC1=C(COC(=O)Oc2ccc([N+](=O)[O-])cc2)CSC2C(CC(=O)c3cccs3)C(=O)N12. The number of fused-ring (bicyclic) bond motifs is 1. The summed E-state index contributed by atoms with van der Waals surface area (Å²) < 4.78 is 10.2. The third-order valence-electron chi connectivity index (χ3n) is 5.27. The number of hydrogen-bond donors (Lipinski definition) is 0. The molecule has 0 saturated carbocycles. The van der Waals surface area contributed by atoms with Crippen molar-refractivity contribution in [3.63, 3.8) is 0 Å². The monoisotopic (exact) mass is 474 g/mol. The third-order valence-corrected chi connectivity index (χ3v) is 7.58. The quantitative estimate of drug-likeness (QED) is 0.146. The van der Waals surface area contributed by atoms with E-state index in [2.05, 4.69) is 0 Å². The van der Waals surface area contributed by atoms with Gasteiger partial charge in [0.25, 0.3) is 5.69 Å². The predicted molar refractivity (Wildman–Crippen MR) is 118 cm³/mol. The normalized spacial score (nSPS) is 19.8. The highest BCUT2D eigenvalue weighted by atomic mass is 32.2. The van der Waals surface area contributed by atoms with E-state index >= 15 is 0 Å². The first-order chi connectivity index (χ1) is 15.3. The van der Waals surface area contributed by atoms with Crippen LogP contribution in [0.1, 0.15) is 23.0 Å². The van der Waals surface area contributed by atoms with E-state index in [0.717, 1.165) is 11.3 Å². The number of nitrogens with zero attached hydrogens (tertiary/aromatic N) is 2. The molecule has 2 unspecified atom stereocenters. The molecule has 2 aromatic rings. The predicted octanol–water partition coefficient (Wildman–Crippen LogP) is 4.25. The van der Waals surface area contributed by atoms with Crippen LogP contribution in [0.3, 0.4) is 0 Å². The number of ether oxygens (including phenoxy) is 2. The molecule has 3 heterocycles. The minimum Gasteiger partial charge on any atom is -0.429 e. The van der Waals surface area contributed by atoms with Crippen molar-refractivity contribution in [2.75, 3.05) is 12.4 Å². The number of hydrogen-bond acceptors (Lipinski definition) is 9. The molecule has 0 radical (unpaired) electrons. The number of Topliss-reactive ketones (excluding diaryl/α,β-unsaturated/α-hetero) is 1. The number of allylic oxidation sites excluding steroid dienone is 1. The van der Waals surface area contributed by atoms with E-state index in [9.17, 15) is 24.5 Å². The van der Waals surface area contributed by atoms with Crippen LogP contribution in [0.25, 0.3) is 0 Å². The highest BCUT2D eigenvalue weighted by molar-refractivity contribution is 8.00. The fourth-order valence-electron chi connectivity index (χ4n) is 3.51. The van der Waals surface area contributed by atoms with Crippen LogP contribution in [0.15, 0.2) is 53.0 Å². The van der Waals surface area contributed by atoms with E-state index in [-0.39, 0.29) is 47.4 Å². The Labute approximate surface area is 191 Å². The Bertz CT molecular complexity index is 1100. The maximum absolute atomic E-state index is 12.7. The topological polar surface area (TPSA) is 116 Å². The van der Waals surface area contributed by atoms with Gasteiger partial charge < -0.3 is 14.4 Å². The second kappa shape index (κ2) is 9.13. The Morgan fingerprint density at radius 1 is 1.25 bits per heavy atom. The van der Waals surface area contributed by atoms with Crippen molar-refractivity contribution in [2.24, 2.45) is 5.92 Å². The van der Waals surface area contributed by atoms with Gasteiger partial charge in [0, 0.05) is 30.0 Å². The van der Waals surface area contributed by atoms with Gasteiger partial charge in [-0.1, -0.05) is 6.07 Å². The molecule has 1 aromatic carbocycles. The lowest BCUT2D eigenvalue weighted by Crippen LogP contribution is -2.60. The molecule has 0 spiro atoms. The van der Waals surface area contributed by atoms with Crippen molar-refractivity contribution >= 4 is 46.6 Å². The number of thiophene rings is 1. The van der Waals surface area contributed by atoms with E-state index in [4.69, 9.17) is 9.47 Å². The number of non-ortho nitro benzene ring substituents is 1. The maximum Gasteiger partial charge on any atom is 0.514 e. The molecule has 1 aromatic heterocycles. The van der Waals surface area contributed by atoms with Gasteiger partial charge in [0.15, 0.2) is 5.78 Å². The maximum atomic E-state index is 12.7. The zero-order valence-corrected chi connectivity index (χ0v) is 18.5. The highest BCUT2D eigenvalue weighted by Gasteiger charge is 2.51. The molecule has 0 bridgehead atoms. The van der Waals surface area contributed by atoms with Gasteiger partial charge in [0.05, 0.1) is 21.1 Å². The zero-order valence-electron chi connectivity index (χ0n) is 16.9. The Morgan fingerprint density at radius 2 is 2.00 bits per heavy atom. The van der Waals surface area contributed by atoms with Gasteiger partial charge in [-0.25, -0.2) is 4.79 Å². The van der Waals surface area contributed by atoms with Gasteiger partial charge in [-0.2, -0.15) is 0 Å². The number of thioether (sulfide) groups is 1. The van der Waals surface area contributed by atoms with Gasteiger partial charge in [-0.05, 0) is 36.1 Å². The number of nitro benzene ring substituents is 1. The van der Waals surface area contributed by atoms with Crippen molar-refractivity contribution in [2.45, 2.75) is 18.7 Å². The first-order valence-electron chi connectivity index (χ1n) is 9.64. The number of rotatable bonds is 7. The van der Waals surface area contributed by atoms with Gasteiger partial charge >= 0.3 is 6.16 Å². The van der Waals surface area contributed by atoms with Crippen molar-refractivity contribution in [1.82, 2.24) is 4.90 Å². The molecule has 2 atom stereocenters. The molecular formula is C21H18N2O7S2. The summed E-state index contributed by atoms with van der Waals surface area (Å²) in [6, 6.07) is 8.64. The molecule has 32 heavy (non-hydrogen) atoms. The van der Waals surface area contributed by atoms with E-state index in [1.807, 2.05) is 11.4 Å². The van der Waals surface area contributed by atoms with Crippen molar-refractivity contribution in [3.05, 3.63) is 68.0 Å². The summed E-state index contributed by atoms with van der Waals surface area (Å²) >= 11 is 2.91. The zero-order chi connectivity index (χ0) is 22.8. The number of carbonyl (C=O) groups excluding carboxylic acids is 3. The Balaban J connectivity index is 1.31. The number of nitro groups is 1. The molecule has 1 fully saturated rings. The molecule has 2 aliphatic heterocycles. The van der Waals surface area contributed by atoms with E-state index in [1.165, 1.54) is 47.4 Å². The molecule has 1 amide bonds. The van der Waals surface area contributed by atoms with E-state index in [0.29, 0.717) is 10.6 Å². The van der Waals surface area contributed by atoms with Gasteiger partial charge in [0.1, 0.15) is 12.4 Å². The lowest BCUT2D eigenvalue weighted by Gasteiger charge is -2.50. The summed E-state index contributed by atoms with van der Waals surface area (Å²) in [5, 5.41) is 12.4. The number of ketones is 1. The Kier molecular flexibility index (Phi) is 6.28. The Hall–Kier alpha value is -3.18. The van der Waals surface area contributed by atoms with Crippen LogP contribution >= 0.6 is 23.1 Å². The van der Waals surface area contributed by atoms with Crippen LogP contribution in [0.5, 0.6) is 5.75 Å². The van der Waals surface area contributed by atoms with Gasteiger partial charge in [-0.3, -0.25) is 19.7 Å². The molecule has 166 valence electrons. The fraction of sp³-hybridized carbons (Fsp3) is 0.286. The summed E-state index contributed by atoms with van der Waals surface area (Å²) in [4.78, 5) is 49.4. The lowest BCUT2D eigenvalue weighted by atomic mass is 9.90. The first kappa shape index (κ1) is 22.0. The van der Waals surface area contributed by atoms with Gasteiger partial charge in [-0.15, -0.1) is 23.1 Å². The summed E-state index contributed by atoms with van der Waals surface area (Å²) in [6.07, 6.45) is -0.755. The summed E-state index contributed by atoms with van der Waals surface area (Å²) in [7, 11) is 0. The summed E-state index contributed by atoms with van der Waals surface area (Å²) in [5.74, 6) is 0.216. The smallest absolute Gasteiger partial charge is 0.429 e. The van der Waals surface area contributed by atoms with Crippen LogP contribution in [0, 0.1) is 16.0 Å². The molecule has 0 aliphatic carbocycles.